The standard InChI is InChI=1S/C26H34N8O5Si/c1-6-40(7-2,8-3)36-14-17-19-20(39-26(4,5)38-19)24(37-17)34-22-18(30-25(34)32-33-27)21(28-15-29-22)31-23(35)16-12-10-9-11-13-16/h9-13,15,17,19-20,24H,6-8,14H2,1-5H3,(H,28,29,31,35)/t17-,19-,20-,24-/m1/s1. The van der Waals surface area contributed by atoms with Crippen LogP contribution in [0.25, 0.3) is 21.6 Å². The zero-order chi connectivity index (χ0) is 28.5. The van der Waals surface area contributed by atoms with Crippen molar-refractivity contribution in [3.63, 3.8) is 0 Å². The summed E-state index contributed by atoms with van der Waals surface area (Å²) in [5.41, 5.74) is 10.4. The molecule has 1 aromatic carbocycles. The van der Waals surface area contributed by atoms with E-state index in [-0.39, 0.29) is 23.2 Å². The number of amides is 1. The van der Waals surface area contributed by atoms with Gasteiger partial charge in [0.1, 0.15) is 24.6 Å². The summed E-state index contributed by atoms with van der Waals surface area (Å²) in [6.07, 6.45) is -0.865. The predicted molar refractivity (Wildman–Crippen MR) is 149 cm³/mol. The summed E-state index contributed by atoms with van der Waals surface area (Å²) in [6, 6.07) is 11.8. The molecule has 0 saturated carbocycles. The smallest absolute Gasteiger partial charge is 0.256 e. The second-order valence-electron chi connectivity index (χ2n) is 10.4. The number of ether oxygens (including phenoxy) is 3. The molecule has 5 rings (SSSR count). The Hall–Kier alpha value is -3.39. The summed E-state index contributed by atoms with van der Waals surface area (Å²) in [7, 11) is -1.89. The van der Waals surface area contributed by atoms with Crippen LogP contribution in [-0.2, 0) is 18.6 Å². The van der Waals surface area contributed by atoms with Gasteiger partial charge in [0.15, 0.2) is 37.3 Å². The summed E-state index contributed by atoms with van der Waals surface area (Å²) >= 11 is 0. The first-order chi connectivity index (χ1) is 19.2. The minimum Gasteiger partial charge on any atom is -0.414 e. The molecule has 14 heteroatoms. The molecule has 40 heavy (non-hydrogen) atoms. The lowest BCUT2D eigenvalue weighted by molar-refractivity contribution is -0.199. The number of benzene rings is 1. The van der Waals surface area contributed by atoms with Crippen LogP contribution in [0.5, 0.6) is 0 Å². The van der Waals surface area contributed by atoms with E-state index in [0.717, 1.165) is 18.1 Å². The van der Waals surface area contributed by atoms with Gasteiger partial charge in [-0.1, -0.05) is 39.0 Å². The van der Waals surface area contributed by atoms with Gasteiger partial charge >= 0.3 is 0 Å². The van der Waals surface area contributed by atoms with E-state index in [9.17, 15) is 10.3 Å². The van der Waals surface area contributed by atoms with Gasteiger partial charge in [-0.2, -0.15) is 0 Å². The van der Waals surface area contributed by atoms with Crippen LogP contribution in [0.2, 0.25) is 18.1 Å². The van der Waals surface area contributed by atoms with Gasteiger partial charge in [-0.05, 0) is 54.8 Å². The normalized spacial score (nSPS) is 23.6. The number of hydrogen-bond acceptors (Lipinski definition) is 9. The number of nitrogens with zero attached hydrogens (tertiary/aromatic N) is 7. The van der Waals surface area contributed by atoms with Crippen molar-refractivity contribution in [1.29, 1.82) is 0 Å². The van der Waals surface area contributed by atoms with Crippen molar-refractivity contribution in [2.24, 2.45) is 5.11 Å². The Balaban J connectivity index is 1.51. The van der Waals surface area contributed by atoms with Crippen LogP contribution in [0, 0.1) is 0 Å². The molecule has 2 aromatic heterocycles. The van der Waals surface area contributed by atoms with E-state index in [1.807, 2.05) is 19.9 Å². The van der Waals surface area contributed by atoms with E-state index in [2.05, 4.69) is 51.1 Å². The van der Waals surface area contributed by atoms with Crippen molar-refractivity contribution in [3.05, 3.63) is 52.7 Å². The number of fused-ring (bicyclic) bond motifs is 2. The summed E-state index contributed by atoms with van der Waals surface area (Å²) in [5, 5.41) is 6.60. The second kappa shape index (κ2) is 11.2. The highest BCUT2D eigenvalue weighted by molar-refractivity contribution is 6.73. The molecule has 0 radical (unpaired) electrons. The Bertz CT molecular complexity index is 1410. The molecule has 13 nitrogen and oxygen atoms in total. The lowest BCUT2D eigenvalue weighted by Gasteiger charge is -2.31. The third kappa shape index (κ3) is 5.21. The topological polar surface area (TPSA) is 158 Å². The molecule has 212 valence electrons. The Kier molecular flexibility index (Phi) is 7.91. The molecule has 0 spiro atoms. The van der Waals surface area contributed by atoms with Crippen molar-refractivity contribution >= 4 is 37.2 Å². The first-order valence-corrected chi connectivity index (χ1v) is 16.1. The fourth-order valence-electron chi connectivity index (χ4n) is 5.42. The minimum absolute atomic E-state index is 0.00577. The van der Waals surface area contributed by atoms with Gasteiger partial charge in [0.25, 0.3) is 5.91 Å². The molecule has 1 N–H and O–H groups in total. The van der Waals surface area contributed by atoms with Crippen LogP contribution in [0.15, 0.2) is 41.8 Å². The van der Waals surface area contributed by atoms with Gasteiger partial charge in [-0.15, -0.1) is 0 Å². The third-order valence-corrected chi connectivity index (χ3v) is 12.4. The molecule has 2 aliphatic heterocycles. The quantitative estimate of drug-likeness (QED) is 0.147. The summed E-state index contributed by atoms with van der Waals surface area (Å²) in [4.78, 5) is 29.0. The molecule has 0 unspecified atom stereocenters. The van der Waals surface area contributed by atoms with Gasteiger partial charge in [-0.3, -0.25) is 9.36 Å². The van der Waals surface area contributed by atoms with Crippen molar-refractivity contribution < 1.29 is 23.4 Å². The van der Waals surface area contributed by atoms with E-state index in [4.69, 9.17) is 18.6 Å². The minimum atomic E-state index is -1.89. The highest BCUT2D eigenvalue weighted by Crippen LogP contribution is 2.46. The average molecular weight is 567 g/mol. The number of carbonyl (C=O) groups is 1. The van der Waals surface area contributed by atoms with Gasteiger partial charge in [-0.25, -0.2) is 15.0 Å². The highest BCUT2D eigenvalue weighted by atomic mass is 28.4. The lowest BCUT2D eigenvalue weighted by atomic mass is 10.1. The second-order valence-corrected chi connectivity index (χ2v) is 15.1. The summed E-state index contributed by atoms with van der Waals surface area (Å²) in [5.74, 6) is -1.04. The molecule has 2 fully saturated rings. The lowest BCUT2D eigenvalue weighted by Crippen LogP contribution is -2.41. The van der Waals surface area contributed by atoms with Gasteiger partial charge in [0.2, 0.25) is 5.95 Å². The SMILES string of the molecule is CC[Si](CC)(CC)OC[C@H]1O[C@@H](n2c(N=[N+]=[N-])nc3c(NC(=O)c4ccccc4)ncnc32)[C@@H]2OC(C)(C)O[C@@H]21. The van der Waals surface area contributed by atoms with Gasteiger partial charge in [0, 0.05) is 10.5 Å². The molecule has 2 saturated heterocycles. The number of aromatic nitrogens is 4. The van der Waals surface area contributed by atoms with Gasteiger partial charge in [0.05, 0.1) is 6.61 Å². The van der Waals surface area contributed by atoms with Crippen molar-refractivity contribution in [3.8, 4) is 0 Å². The van der Waals surface area contributed by atoms with Crippen molar-refractivity contribution in [1.82, 2.24) is 19.5 Å². The van der Waals surface area contributed by atoms with E-state index >= 15 is 0 Å². The number of hydrogen-bond donors (Lipinski definition) is 1. The molecule has 0 bridgehead atoms. The predicted octanol–water partition coefficient (Wildman–Crippen LogP) is 5.46. The molecule has 1 amide bonds. The maximum atomic E-state index is 12.9. The van der Waals surface area contributed by atoms with Crippen LogP contribution >= 0.6 is 0 Å². The van der Waals surface area contributed by atoms with Crippen LogP contribution in [0.1, 0.15) is 51.2 Å². The molecule has 0 aliphatic carbocycles. The van der Waals surface area contributed by atoms with Gasteiger partial charge < -0.3 is 24.0 Å². The Labute approximate surface area is 233 Å². The largest absolute Gasteiger partial charge is 0.414 e. The monoisotopic (exact) mass is 566 g/mol. The molecular weight excluding hydrogens is 532 g/mol. The number of carbonyl (C=O) groups excluding carboxylic acids is 1. The third-order valence-electron chi connectivity index (χ3n) is 7.73. The fraction of sp³-hybridized carbons (Fsp3) is 0.538. The number of anilines is 1. The summed E-state index contributed by atoms with van der Waals surface area (Å²) < 4.78 is 27.3. The van der Waals surface area contributed by atoms with E-state index in [0.29, 0.717) is 17.8 Å². The molecule has 3 aromatic rings. The number of azide groups is 1. The molecule has 4 atom stereocenters. The molecular formula is C26H34N8O5Si. The zero-order valence-corrected chi connectivity index (χ0v) is 24.3. The fourth-order valence-corrected chi connectivity index (χ4v) is 8.05. The van der Waals surface area contributed by atoms with Crippen molar-refractivity contribution in [2.45, 2.75) is 83.1 Å². The average Bonchev–Trinajstić information content (AvgIpc) is 3.59. The van der Waals surface area contributed by atoms with Crippen LogP contribution < -0.4 is 5.32 Å². The van der Waals surface area contributed by atoms with E-state index in [1.165, 1.54) is 6.33 Å². The Morgan fingerprint density at radius 1 is 1.15 bits per heavy atom. The first-order valence-electron chi connectivity index (χ1n) is 13.5. The molecule has 2 aliphatic rings. The summed E-state index contributed by atoms with van der Waals surface area (Å²) in [6.45, 7) is 10.6. The van der Waals surface area contributed by atoms with Crippen LogP contribution in [0.4, 0.5) is 11.8 Å². The van der Waals surface area contributed by atoms with E-state index in [1.54, 1.807) is 28.8 Å². The Morgan fingerprint density at radius 3 is 2.52 bits per heavy atom. The number of rotatable bonds is 10. The van der Waals surface area contributed by atoms with Crippen LogP contribution in [-0.4, -0.2) is 64.4 Å². The van der Waals surface area contributed by atoms with E-state index < -0.39 is 38.6 Å². The zero-order valence-electron chi connectivity index (χ0n) is 23.3. The number of imidazole rings is 1. The number of nitrogens with one attached hydrogen (secondary N) is 1. The Morgan fingerprint density at radius 2 is 1.85 bits per heavy atom. The maximum absolute atomic E-state index is 12.9. The highest BCUT2D eigenvalue weighted by Gasteiger charge is 2.57. The first kappa shape index (κ1) is 28.1. The van der Waals surface area contributed by atoms with Crippen LogP contribution in [0.3, 0.4) is 0 Å². The van der Waals surface area contributed by atoms with Crippen molar-refractivity contribution in [2.75, 3.05) is 11.9 Å². The maximum Gasteiger partial charge on any atom is 0.256 e. The molecule has 4 heterocycles.